The molecule has 0 spiro atoms. The third-order valence-corrected chi connectivity index (χ3v) is 18.6. The van der Waals surface area contributed by atoms with Gasteiger partial charge in [0, 0.05) is 35.3 Å². The highest BCUT2D eigenvalue weighted by molar-refractivity contribution is 5.90. The van der Waals surface area contributed by atoms with Gasteiger partial charge in [0.2, 0.25) is 11.8 Å². The van der Waals surface area contributed by atoms with Crippen LogP contribution in [0.15, 0.2) is 66.0 Å². The molecule has 6 aliphatic rings. The minimum Gasteiger partial charge on any atom is -0.453 e. The number of aromatic nitrogens is 4. The number of nitrogens with one attached hydrogen (secondary N) is 4. The molecule has 0 radical (unpaired) electrons. The van der Waals surface area contributed by atoms with Gasteiger partial charge in [-0.3, -0.25) is 9.59 Å². The van der Waals surface area contributed by atoms with Crippen molar-refractivity contribution in [3.63, 3.8) is 0 Å². The zero-order valence-electron chi connectivity index (χ0n) is 47.5. The van der Waals surface area contributed by atoms with Gasteiger partial charge in [-0.05, 0) is 147 Å². The fourth-order valence-electron chi connectivity index (χ4n) is 13.9. The summed E-state index contributed by atoms with van der Waals surface area (Å²) in [5, 5.41) is 5.59. The van der Waals surface area contributed by atoms with E-state index >= 15 is 17.6 Å². The third-order valence-electron chi connectivity index (χ3n) is 18.6. The van der Waals surface area contributed by atoms with Gasteiger partial charge in [-0.2, -0.15) is 0 Å². The SMILES string of the molecule is C\C=C(/C1=C(F)/C=C/CCc2c(F)cc(cc2-c2cc3nc([C@@H]4C[C@@H]5CCCC[C@@H]5N4C(=O)[C@@H](NC(=O)OC)[C@@H](C)CC)[nH]c3cc2F)CC1)c1cc2nc([C@@H]3C[C@@H]4CCCC[C@@H]4N3C(=O)[C@@H](NC(=O)OC)[C@@H](C)CC)[nH]c2cc1F. The molecule has 4 aliphatic carbocycles. The second kappa shape index (κ2) is 24.2. The first kappa shape index (κ1) is 57.3. The summed E-state index contributed by atoms with van der Waals surface area (Å²) in [6.45, 7) is 9.49. The van der Waals surface area contributed by atoms with E-state index in [0.29, 0.717) is 76.1 Å². The average Bonchev–Trinajstić information content (AvgIpc) is 3.91. The van der Waals surface area contributed by atoms with E-state index in [4.69, 9.17) is 19.4 Å². The van der Waals surface area contributed by atoms with Crippen molar-refractivity contribution in [2.75, 3.05) is 14.2 Å². The lowest BCUT2D eigenvalue weighted by Gasteiger charge is -2.37. The van der Waals surface area contributed by atoms with E-state index in [-0.39, 0.29) is 95.5 Å². The number of ether oxygens (including phenoxy) is 2. The van der Waals surface area contributed by atoms with Gasteiger partial charge in [0.1, 0.15) is 47.0 Å². The number of likely N-dealkylation sites (tertiary alicyclic amines) is 2. The summed E-state index contributed by atoms with van der Waals surface area (Å²) in [5.41, 5.74) is 3.57. The van der Waals surface area contributed by atoms with Crippen LogP contribution in [0, 0.1) is 41.1 Å². The maximum atomic E-state index is 16.8. The van der Waals surface area contributed by atoms with Gasteiger partial charge in [-0.25, -0.2) is 37.1 Å². The van der Waals surface area contributed by atoms with Crippen LogP contribution in [-0.2, 0) is 31.9 Å². The number of hydrogen-bond acceptors (Lipinski definition) is 8. The molecule has 432 valence electrons. The van der Waals surface area contributed by atoms with E-state index in [1.807, 2.05) is 37.5 Å². The number of imidazole rings is 2. The zero-order chi connectivity index (χ0) is 57.4. The number of fused-ring (bicyclic) bond motifs is 11. The molecule has 4 amide bonds. The highest BCUT2D eigenvalue weighted by atomic mass is 19.1. The molecule has 2 aliphatic heterocycles. The van der Waals surface area contributed by atoms with Crippen LogP contribution in [0.3, 0.4) is 0 Å². The molecule has 2 saturated heterocycles. The molecule has 2 saturated carbocycles. The van der Waals surface area contributed by atoms with Gasteiger partial charge in [0.15, 0.2) is 0 Å². The van der Waals surface area contributed by atoms with Gasteiger partial charge >= 0.3 is 12.2 Å². The van der Waals surface area contributed by atoms with Gasteiger partial charge in [0.25, 0.3) is 0 Å². The van der Waals surface area contributed by atoms with Gasteiger partial charge in [-0.15, -0.1) is 0 Å². The largest absolute Gasteiger partial charge is 0.453 e. The van der Waals surface area contributed by atoms with Gasteiger partial charge < -0.3 is 39.9 Å². The molecule has 11 rings (SSSR count). The molecule has 2 bridgehead atoms. The highest BCUT2D eigenvalue weighted by Gasteiger charge is 2.50. The van der Waals surface area contributed by atoms with E-state index < -0.39 is 59.6 Å². The van der Waals surface area contributed by atoms with Crippen molar-refractivity contribution in [3.05, 3.63) is 112 Å². The Hall–Kier alpha value is -6.98. The summed E-state index contributed by atoms with van der Waals surface area (Å²) in [6.07, 6.45) is 13.9. The van der Waals surface area contributed by atoms with E-state index in [2.05, 4.69) is 20.6 Å². The Balaban J connectivity index is 0.942. The molecule has 14 nitrogen and oxygen atoms in total. The lowest BCUT2D eigenvalue weighted by atomic mass is 9.84. The number of allylic oxidation sites excluding steroid dienone is 6. The molecular formula is C63H76F4N8O6. The third kappa shape index (κ3) is 11.2. The molecule has 81 heavy (non-hydrogen) atoms. The standard InChI is InChI=1S/C63H76F4N8O6/c1-8-33(4)56(72-62(78)80-6)60(76)74-52-21-15-11-17-36(52)27-54(74)58-68-48-29-42(46(66)31-50(48)70-58)38(10-3)40-24-23-35-25-41(39(45(65)26-35)19-13-14-20-44(40)64)43-30-49-51(32-47(43)67)71-59(69-49)55-28-37-18-12-16-22-53(37)75(55)61(77)57(34(5)9-2)73-63(79)81-7/h10,14,20,25-26,29-34,36-37,52-57H,8-9,11-13,15-19,21-24,27-28H2,1-7H3,(H,68,70)(H,69,71)(H,72,78)(H,73,79)/b20-14+,38-10+,44-40-/t33-,34-,36-,37-,52-,53-,54-,55-,56-,57-/m0/s1. The average molecular weight is 1120 g/mol. The maximum absolute atomic E-state index is 16.8. The van der Waals surface area contributed by atoms with Crippen molar-refractivity contribution < 1.29 is 46.2 Å². The summed E-state index contributed by atoms with van der Waals surface area (Å²) in [6, 6.07) is 6.40. The molecule has 4 fully saturated rings. The van der Waals surface area contributed by atoms with Crippen LogP contribution < -0.4 is 10.6 Å². The Morgan fingerprint density at radius 1 is 0.679 bits per heavy atom. The molecule has 10 atom stereocenters. The number of carbonyl (C=O) groups is 4. The second-order valence-corrected chi connectivity index (χ2v) is 23.2. The van der Waals surface area contributed by atoms with Crippen LogP contribution in [-0.4, -0.2) is 92.1 Å². The topological polar surface area (TPSA) is 175 Å². The Kier molecular flexibility index (Phi) is 17.1. The summed E-state index contributed by atoms with van der Waals surface area (Å²) >= 11 is 0. The van der Waals surface area contributed by atoms with Crippen molar-refractivity contribution in [1.82, 2.24) is 40.4 Å². The number of H-pyrrole nitrogens is 2. The summed E-state index contributed by atoms with van der Waals surface area (Å²) in [4.78, 5) is 74.9. The summed E-state index contributed by atoms with van der Waals surface area (Å²) in [7, 11) is 2.54. The minimum atomic E-state index is -0.825. The second-order valence-electron chi connectivity index (χ2n) is 23.2. The van der Waals surface area contributed by atoms with Crippen molar-refractivity contribution in [1.29, 1.82) is 0 Å². The number of nitrogens with zero attached hydrogens (tertiary/aromatic N) is 4. The Morgan fingerprint density at radius 2 is 1.21 bits per heavy atom. The fourth-order valence-corrected chi connectivity index (χ4v) is 13.9. The first-order valence-electron chi connectivity index (χ1n) is 29.3. The number of hydrogen-bond donors (Lipinski definition) is 4. The van der Waals surface area contributed by atoms with Crippen LogP contribution in [0.25, 0.3) is 38.8 Å². The van der Waals surface area contributed by atoms with Crippen molar-refractivity contribution in [3.8, 4) is 11.1 Å². The Bertz CT molecular complexity index is 3310. The molecule has 0 unspecified atom stereocenters. The lowest BCUT2D eigenvalue weighted by Crippen LogP contribution is -2.54. The van der Waals surface area contributed by atoms with E-state index in [9.17, 15) is 19.2 Å². The van der Waals surface area contributed by atoms with E-state index in [1.165, 1.54) is 38.5 Å². The van der Waals surface area contributed by atoms with E-state index in [0.717, 1.165) is 51.4 Å². The normalized spacial score (nSPS) is 25.1. The molecule has 5 aromatic rings. The van der Waals surface area contributed by atoms with Crippen LogP contribution in [0.5, 0.6) is 0 Å². The number of aromatic amines is 2. The quantitative estimate of drug-likeness (QED) is 0.0843. The lowest BCUT2D eigenvalue weighted by molar-refractivity contribution is -0.139. The Morgan fingerprint density at radius 3 is 1.74 bits per heavy atom. The summed E-state index contributed by atoms with van der Waals surface area (Å²) in [5.74, 6) is -1.64. The fraction of sp³-hybridized carbons (Fsp3) is 0.524. The smallest absolute Gasteiger partial charge is 0.407 e. The molecule has 2 aromatic heterocycles. The van der Waals surface area contributed by atoms with Crippen LogP contribution >= 0.6 is 0 Å². The summed E-state index contributed by atoms with van der Waals surface area (Å²) < 4.78 is 76.6. The number of aryl methyl sites for hydroxylation is 1. The van der Waals surface area contributed by atoms with Gasteiger partial charge in [0.05, 0.1) is 48.4 Å². The minimum absolute atomic E-state index is 0.0339. The maximum Gasteiger partial charge on any atom is 0.407 e. The first-order chi connectivity index (χ1) is 39.0. The number of benzene rings is 3. The number of alkyl carbamates (subject to hydrolysis) is 2. The Labute approximate surface area is 471 Å². The predicted molar refractivity (Wildman–Crippen MR) is 303 cm³/mol. The molecular weight excluding hydrogens is 1040 g/mol. The van der Waals surface area contributed by atoms with Crippen LogP contribution in [0.2, 0.25) is 0 Å². The number of amides is 4. The van der Waals surface area contributed by atoms with Crippen molar-refractivity contribution in [2.24, 2.45) is 23.7 Å². The van der Waals surface area contributed by atoms with Crippen LogP contribution in [0.4, 0.5) is 27.2 Å². The molecule has 4 N–H and O–H groups in total. The van der Waals surface area contributed by atoms with Crippen LogP contribution in [0.1, 0.15) is 165 Å². The van der Waals surface area contributed by atoms with Crippen molar-refractivity contribution in [2.45, 2.75) is 174 Å². The number of methoxy groups -OCH3 is 2. The first-order valence-corrected chi connectivity index (χ1v) is 29.3. The van der Waals surface area contributed by atoms with Crippen molar-refractivity contribution >= 4 is 51.6 Å². The zero-order valence-corrected chi connectivity index (χ0v) is 47.5. The highest BCUT2D eigenvalue weighted by Crippen LogP contribution is 2.49. The number of rotatable bonds is 13. The number of halogens is 4. The molecule has 18 heteroatoms. The van der Waals surface area contributed by atoms with Gasteiger partial charge in [-0.1, -0.05) is 84.4 Å². The monoisotopic (exact) mass is 1120 g/mol. The van der Waals surface area contributed by atoms with E-state index in [1.54, 1.807) is 37.3 Å². The molecule has 3 aromatic carbocycles. The predicted octanol–water partition coefficient (Wildman–Crippen LogP) is 13.5. The molecule has 4 heterocycles. The number of carbonyl (C=O) groups excluding carboxylic acids is 4.